The Bertz CT molecular complexity index is 429. The Hall–Kier alpha value is -2.57. The number of carbonyl (C=O) groups is 3. The van der Waals surface area contributed by atoms with Crippen LogP contribution in [0.5, 0.6) is 0 Å². The minimum absolute atomic E-state index is 0.0739. The van der Waals surface area contributed by atoms with Gasteiger partial charge in [0.15, 0.2) is 6.04 Å². The van der Waals surface area contributed by atoms with E-state index in [4.69, 9.17) is 15.3 Å². The molecule has 0 aliphatic carbocycles. The Morgan fingerprint density at radius 1 is 0.941 bits per heavy atom. The second-order valence-electron chi connectivity index (χ2n) is 3.09. The van der Waals surface area contributed by atoms with Gasteiger partial charge in [-0.15, -0.1) is 0 Å². The molecular formula is C10H9NO6. The average Bonchev–Trinajstić information content (AvgIpc) is 2.25. The van der Waals surface area contributed by atoms with Crippen molar-refractivity contribution in [1.82, 2.24) is 4.90 Å². The van der Waals surface area contributed by atoms with Crippen molar-refractivity contribution in [1.29, 1.82) is 0 Å². The van der Waals surface area contributed by atoms with E-state index in [0.717, 1.165) is 0 Å². The molecule has 0 heterocycles. The second-order valence-corrected chi connectivity index (χ2v) is 3.09. The van der Waals surface area contributed by atoms with Crippen molar-refractivity contribution in [2.75, 3.05) is 0 Å². The molecule has 7 nitrogen and oxygen atoms in total. The fourth-order valence-corrected chi connectivity index (χ4v) is 1.34. The third kappa shape index (κ3) is 2.71. The van der Waals surface area contributed by atoms with E-state index in [1.165, 1.54) is 24.3 Å². The molecule has 0 saturated carbocycles. The fraction of sp³-hybridized carbons (Fsp3) is 0.100. The first-order valence-electron chi connectivity index (χ1n) is 4.48. The van der Waals surface area contributed by atoms with Gasteiger partial charge in [-0.2, -0.15) is 4.90 Å². The van der Waals surface area contributed by atoms with Gasteiger partial charge in [0.05, 0.1) is 0 Å². The van der Waals surface area contributed by atoms with Crippen LogP contribution in [0.4, 0.5) is 9.59 Å². The fourth-order valence-electron chi connectivity index (χ4n) is 1.34. The van der Waals surface area contributed by atoms with Gasteiger partial charge in [0.2, 0.25) is 0 Å². The highest BCUT2D eigenvalue weighted by atomic mass is 16.4. The lowest BCUT2D eigenvalue weighted by Crippen LogP contribution is -2.41. The molecule has 1 aromatic rings. The molecule has 3 N–H and O–H groups in total. The molecule has 1 atom stereocenters. The van der Waals surface area contributed by atoms with Crippen molar-refractivity contribution >= 4 is 18.2 Å². The maximum absolute atomic E-state index is 11.0. The van der Waals surface area contributed by atoms with E-state index >= 15 is 0 Å². The van der Waals surface area contributed by atoms with E-state index in [-0.39, 0.29) is 10.5 Å². The van der Waals surface area contributed by atoms with Crippen molar-refractivity contribution in [3.63, 3.8) is 0 Å². The zero-order chi connectivity index (χ0) is 13.0. The molecule has 2 amide bonds. The molecule has 0 saturated heterocycles. The van der Waals surface area contributed by atoms with Crippen molar-refractivity contribution in [3.05, 3.63) is 35.9 Å². The van der Waals surface area contributed by atoms with Gasteiger partial charge < -0.3 is 15.3 Å². The number of aliphatic carboxylic acids is 1. The standard InChI is InChI=1S/C10H9NO6/c12-8(13)7(6-4-2-1-3-5-6)11(9(14)15)10(16)17/h1-5,7H,(H,12,13)(H,14,15)(H,16,17). The molecular weight excluding hydrogens is 230 g/mol. The first-order chi connectivity index (χ1) is 7.95. The van der Waals surface area contributed by atoms with E-state index in [1.807, 2.05) is 0 Å². The van der Waals surface area contributed by atoms with Crippen LogP contribution < -0.4 is 0 Å². The third-order valence-electron chi connectivity index (χ3n) is 2.02. The number of benzene rings is 1. The molecule has 0 spiro atoms. The SMILES string of the molecule is O=C(O)C(c1ccccc1)N(C(=O)O)C(=O)O. The summed E-state index contributed by atoms with van der Waals surface area (Å²) >= 11 is 0. The maximum atomic E-state index is 11.0. The van der Waals surface area contributed by atoms with Gasteiger partial charge in [0.1, 0.15) is 0 Å². The highest BCUT2D eigenvalue weighted by Gasteiger charge is 2.36. The van der Waals surface area contributed by atoms with Gasteiger partial charge in [0.25, 0.3) is 0 Å². The van der Waals surface area contributed by atoms with Crippen molar-refractivity contribution < 1.29 is 29.7 Å². The summed E-state index contributed by atoms with van der Waals surface area (Å²) in [4.78, 5) is 32.3. The highest BCUT2D eigenvalue weighted by Crippen LogP contribution is 2.21. The predicted molar refractivity (Wildman–Crippen MR) is 54.7 cm³/mol. The van der Waals surface area contributed by atoms with E-state index in [1.54, 1.807) is 6.07 Å². The van der Waals surface area contributed by atoms with Crippen LogP contribution in [-0.2, 0) is 4.79 Å². The van der Waals surface area contributed by atoms with Crippen molar-refractivity contribution in [2.45, 2.75) is 6.04 Å². The molecule has 7 heteroatoms. The normalized spacial score (nSPS) is 11.5. The average molecular weight is 239 g/mol. The van der Waals surface area contributed by atoms with Crippen LogP contribution in [0.1, 0.15) is 11.6 Å². The summed E-state index contributed by atoms with van der Waals surface area (Å²) in [5.74, 6) is -1.55. The Kier molecular flexibility index (Phi) is 3.66. The first kappa shape index (κ1) is 12.5. The summed E-state index contributed by atoms with van der Waals surface area (Å²) in [6, 6.07) is 5.51. The van der Waals surface area contributed by atoms with Gasteiger partial charge in [-0.05, 0) is 5.56 Å². The molecule has 17 heavy (non-hydrogen) atoms. The number of rotatable bonds is 3. The highest BCUT2D eigenvalue weighted by molar-refractivity contribution is 5.92. The van der Waals surface area contributed by atoms with E-state index in [2.05, 4.69) is 0 Å². The Morgan fingerprint density at radius 2 is 1.41 bits per heavy atom. The topological polar surface area (TPSA) is 115 Å². The molecule has 0 aliphatic rings. The number of imide groups is 1. The van der Waals surface area contributed by atoms with Crippen LogP contribution in [0.3, 0.4) is 0 Å². The largest absolute Gasteiger partial charge is 0.479 e. The minimum Gasteiger partial charge on any atom is -0.479 e. The van der Waals surface area contributed by atoms with Crippen LogP contribution >= 0.6 is 0 Å². The zero-order valence-electron chi connectivity index (χ0n) is 8.48. The molecule has 1 unspecified atom stereocenters. The Morgan fingerprint density at radius 3 is 1.76 bits per heavy atom. The van der Waals surface area contributed by atoms with Gasteiger partial charge in [-0.1, -0.05) is 30.3 Å². The zero-order valence-corrected chi connectivity index (χ0v) is 8.48. The smallest absolute Gasteiger partial charge is 0.417 e. The van der Waals surface area contributed by atoms with Crippen LogP contribution in [-0.4, -0.2) is 38.4 Å². The summed E-state index contributed by atoms with van der Waals surface area (Å²) in [5, 5.41) is 26.3. The predicted octanol–water partition coefficient (Wildman–Crippen LogP) is 1.47. The van der Waals surface area contributed by atoms with Crippen molar-refractivity contribution in [3.8, 4) is 0 Å². The Balaban J connectivity index is 3.22. The molecule has 1 aromatic carbocycles. The lowest BCUT2D eigenvalue weighted by molar-refractivity contribution is -0.142. The number of nitrogens with zero attached hydrogens (tertiary/aromatic N) is 1. The first-order valence-corrected chi connectivity index (χ1v) is 4.48. The van der Waals surface area contributed by atoms with Crippen LogP contribution in [0.15, 0.2) is 30.3 Å². The molecule has 0 aromatic heterocycles. The summed E-state index contributed by atoms with van der Waals surface area (Å²) in [7, 11) is 0. The van der Waals surface area contributed by atoms with Gasteiger partial charge in [0, 0.05) is 0 Å². The summed E-state index contributed by atoms with van der Waals surface area (Å²) in [5.41, 5.74) is 0.0739. The van der Waals surface area contributed by atoms with Crippen LogP contribution in [0, 0.1) is 0 Å². The minimum atomic E-state index is -1.84. The van der Waals surface area contributed by atoms with Gasteiger partial charge in [-0.3, -0.25) is 0 Å². The number of carboxylic acid groups (broad SMARTS) is 3. The lowest BCUT2D eigenvalue weighted by Gasteiger charge is -2.21. The molecule has 0 bridgehead atoms. The van der Waals surface area contributed by atoms with Crippen LogP contribution in [0.2, 0.25) is 0 Å². The van der Waals surface area contributed by atoms with Gasteiger partial charge in [-0.25, -0.2) is 14.4 Å². The Labute approximate surface area is 95.5 Å². The molecule has 1 rings (SSSR count). The number of carboxylic acids is 1. The monoisotopic (exact) mass is 239 g/mol. The van der Waals surface area contributed by atoms with E-state index in [9.17, 15) is 14.4 Å². The number of hydrogen-bond donors (Lipinski definition) is 3. The van der Waals surface area contributed by atoms with Crippen molar-refractivity contribution in [2.24, 2.45) is 0 Å². The maximum Gasteiger partial charge on any atom is 0.417 e. The second kappa shape index (κ2) is 4.97. The lowest BCUT2D eigenvalue weighted by atomic mass is 10.1. The molecule has 0 radical (unpaired) electrons. The molecule has 90 valence electrons. The van der Waals surface area contributed by atoms with E-state index < -0.39 is 24.2 Å². The molecule has 0 aliphatic heterocycles. The van der Waals surface area contributed by atoms with E-state index in [0.29, 0.717) is 0 Å². The molecule has 0 fully saturated rings. The van der Waals surface area contributed by atoms with Crippen LogP contribution in [0.25, 0.3) is 0 Å². The third-order valence-corrected chi connectivity index (χ3v) is 2.02. The summed E-state index contributed by atoms with van der Waals surface area (Å²) in [6.45, 7) is 0. The van der Waals surface area contributed by atoms with Gasteiger partial charge >= 0.3 is 18.2 Å². The quantitative estimate of drug-likeness (QED) is 0.735. The summed E-state index contributed by atoms with van der Waals surface area (Å²) < 4.78 is 0. The number of amides is 2. The number of hydrogen-bond acceptors (Lipinski definition) is 3. The summed E-state index contributed by atoms with van der Waals surface area (Å²) in [6.07, 6.45) is -3.68.